The largest absolute Gasteiger partial charge is 0.449 e. The maximum Gasteiger partial charge on any atom is 0.411 e. The van der Waals surface area contributed by atoms with Gasteiger partial charge in [-0.05, 0) is 71.0 Å². The molecule has 5 aromatic rings. The number of H-pyrrole nitrogens is 1. The van der Waals surface area contributed by atoms with Crippen LogP contribution < -0.4 is 16.2 Å². The number of nitrogens with one attached hydrogen (secondary N) is 3. The molecule has 0 saturated heterocycles. The summed E-state index contributed by atoms with van der Waals surface area (Å²) in [7, 11) is 1.75. The predicted octanol–water partition coefficient (Wildman–Crippen LogP) is 5.50. The second kappa shape index (κ2) is 11.5. The molecule has 0 radical (unpaired) electrons. The Morgan fingerprint density at radius 2 is 1.88 bits per heavy atom. The van der Waals surface area contributed by atoms with Crippen molar-refractivity contribution >= 4 is 34.1 Å². The van der Waals surface area contributed by atoms with Gasteiger partial charge in [0.05, 0.1) is 18.6 Å². The molecule has 10 nitrogen and oxygen atoms in total. The van der Waals surface area contributed by atoms with Gasteiger partial charge in [-0.2, -0.15) is 0 Å². The molecule has 0 saturated carbocycles. The highest BCUT2D eigenvalue weighted by Gasteiger charge is 2.27. The predicted molar refractivity (Wildman–Crippen MR) is 166 cm³/mol. The minimum Gasteiger partial charge on any atom is -0.449 e. The molecule has 2 aliphatic heterocycles. The van der Waals surface area contributed by atoms with E-state index in [1.165, 1.54) is 0 Å². The van der Waals surface area contributed by atoms with E-state index in [0.29, 0.717) is 16.8 Å². The number of hydrogen-bond donors (Lipinski definition) is 3. The fourth-order valence-corrected chi connectivity index (χ4v) is 5.60. The lowest BCUT2D eigenvalue weighted by Crippen LogP contribution is -2.35. The molecule has 0 aliphatic carbocycles. The third-order valence-electron chi connectivity index (χ3n) is 7.85. The number of hydrogen-bond acceptors (Lipinski definition) is 6. The second-order valence-corrected chi connectivity index (χ2v) is 10.9. The summed E-state index contributed by atoms with van der Waals surface area (Å²) >= 11 is 0. The first kappa shape index (κ1) is 27.8. The van der Waals surface area contributed by atoms with Crippen LogP contribution in [0.1, 0.15) is 41.1 Å². The summed E-state index contributed by atoms with van der Waals surface area (Å²) in [5.74, 6) is -0.229. The molecule has 218 valence electrons. The Balaban J connectivity index is 1.43. The Labute approximate surface area is 248 Å². The molecule has 4 bridgehead atoms. The number of likely N-dealkylation sites (N-methyl/N-ethyl adjacent to an activating group) is 1. The Morgan fingerprint density at radius 3 is 2.67 bits per heavy atom. The summed E-state index contributed by atoms with van der Waals surface area (Å²) in [5, 5.41) is 7.58. The topological polar surface area (TPSA) is 121 Å². The number of pyridine rings is 1. The average molecular weight is 577 g/mol. The molecule has 0 spiro atoms. The number of imidazole rings is 1. The number of carbonyl (C=O) groups is 2. The monoisotopic (exact) mass is 576 g/mol. The standard InChI is InChI=1S/C33H32N6O4/c1-20-14-23-5-8-27(20)21(2)18-43-33(42)37-25-7-9-29(39-13-12-34-19-39)24(15-25)17-38(3)32(41)30(23)36-26-6-4-22-10-11-35-31(40)28(22)16-26/h4-16,19,21,30,36H,17-18H2,1-3H3,(H,35,40)(H,37,42)/t21-,30+/m0/s1. The fraction of sp³-hybridized carbons (Fsp3) is 0.212. The summed E-state index contributed by atoms with van der Waals surface area (Å²) < 4.78 is 7.44. The van der Waals surface area contributed by atoms with E-state index in [1.54, 1.807) is 42.8 Å². The highest BCUT2D eigenvalue weighted by Crippen LogP contribution is 2.30. The summed E-state index contributed by atoms with van der Waals surface area (Å²) in [4.78, 5) is 48.0. The molecule has 10 heteroatoms. The quantitative estimate of drug-likeness (QED) is 0.261. The van der Waals surface area contributed by atoms with Gasteiger partial charge in [0, 0.05) is 54.9 Å². The molecule has 2 aromatic heterocycles. The maximum atomic E-state index is 14.3. The second-order valence-electron chi connectivity index (χ2n) is 10.9. The highest BCUT2D eigenvalue weighted by atomic mass is 16.5. The van der Waals surface area contributed by atoms with Crippen molar-refractivity contribution in [2.24, 2.45) is 0 Å². The number of rotatable bonds is 3. The first-order valence-electron chi connectivity index (χ1n) is 14.1. The van der Waals surface area contributed by atoms with Crippen molar-refractivity contribution in [2.45, 2.75) is 32.4 Å². The lowest BCUT2D eigenvalue weighted by Gasteiger charge is -2.28. The van der Waals surface area contributed by atoms with Crippen LogP contribution >= 0.6 is 0 Å². The highest BCUT2D eigenvalue weighted by molar-refractivity contribution is 5.89. The van der Waals surface area contributed by atoms with E-state index in [-0.39, 0.29) is 30.5 Å². The number of amides is 2. The molecule has 0 fully saturated rings. The van der Waals surface area contributed by atoms with Gasteiger partial charge in [0.25, 0.3) is 5.56 Å². The van der Waals surface area contributed by atoms with E-state index in [9.17, 15) is 14.4 Å². The minimum atomic E-state index is -0.739. The van der Waals surface area contributed by atoms with Gasteiger partial charge >= 0.3 is 6.09 Å². The normalized spacial score (nSPS) is 17.5. The van der Waals surface area contributed by atoms with E-state index in [1.807, 2.05) is 73.1 Å². The zero-order chi connectivity index (χ0) is 30.1. The summed E-state index contributed by atoms with van der Waals surface area (Å²) in [6.45, 7) is 4.43. The third-order valence-corrected chi connectivity index (χ3v) is 7.85. The van der Waals surface area contributed by atoms with Crippen molar-refractivity contribution in [3.05, 3.63) is 118 Å². The molecule has 0 unspecified atom stereocenters. The minimum absolute atomic E-state index is 0.0659. The number of ether oxygens (including phenoxy) is 1. The molecule has 3 aromatic carbocycles. The van der Waals surface area contributed by atoms with Gasteiger partial charge in [-0.3, -0.25) is 14.9 Å². The van der Waals surface area contributed by atoms with Crippen molar-refractivity contribution in [3.8, 4) is 5.69 Å². The van der Waals surface area contributed by atoms with Crippen molar-refractivity contribution in [1.82, 2.24) is 19.4 Å². The SMILES string of the molecule is Cc1cc2ccc1[C@@H](C)COC(=O)Nc1ccc(-n3ccnc3)c(c1)CN(C)C(=O)[C@@H]2Nc1ccc2cc[nH]c(=O)c2c1. The first-order chi connectivity index (χ1) is 20.8. The Kier molecular flexibility index (Phi) is 7.41. The number of fused-ring (bicyclic) bond motifs is 10. The molecule has 7 rings (SSSR count). The maximum absolute atomic E-state index is 14.3. The molecule has 2 atom stereocenters. The third kappa shape index (κ3) is 5.72. The van der Waals surface area contributed by atoms with Gasteiger partial charge in [-0.15, -0.1) is 0 Å². The lowest BCUT2D eigenvalue weighted by molar-refractivity contribution is -0.131. The smallest absolute Gasteiger partial charge is 0.411 e. The van der Waals surface area contributed by atoms with Crippen LogP contribution in [0.2, 0.25) is 0 Å². The zero-order valence-electron chi connectivity index (χ0n) is 24.1. The van der Waals surface area contributed by atoms with Gasteiger partial charge in [0.15, 0.2) is 0 Å². The zero-order valence-corrected chi connectivity index (χ0v) is 24.1. The van der Waals surface area contributed by atoms with Crippen LogP contribution in [0.3, 0.4) is 0 Å². The van der Waals surface area contributed by atoms with Gasteiger partial charge < -0.3 is 24.5 Å². The fourth-order valence-electron chi connectivity index (χ4n) is 5.60. The molecular formula is C33H32N6O4. The molecule has 4 heterocycles. The summed E-state index contributed by atoms with van der Waals surface area (Å²) in [6.07, 6.45) is 6.27. The molecule has 2 aliphatic rings. The van der Waals surface area contributed by atoms with E-state index < -0.39 is 12.1 Å². The summed E-state index contributed by atoms with van der Waals surface area (Å²) in [6, 6.07) is 18.0. The number of anilines is 2. The van der Waals surface area contributed by atoms with Crippen molar-refractivity contribution in [1.29, 1.82) is 0 Å². The average Bonchev–Trinajstić information content (AvgIpc) is 3.53. The van der Waals surface area contributed by atoms with Crippen LogP contribution in [0.15, 0.2) is 90.4 Å². The molecule has 43 heavy (non-hydrogen) atoms. The Morgan fingerprint density at radius 1 is 1.02 bits per heavy atom. The lowest BCUT2D eigenvalue weighted by atomic mass is 9.93. The van der Waals surface area contributed by atoms with E-state index in [2.05, 4.69) is 20.6 Å². The van der Waals surface area contributed by atoms with Gasteiger partial charge in [0.1, 0.15) is 6.04 Å². The van der Waals surface area contributed by atoms with Crippen molar-refractivity contribution in [3.63, 3.8) is 0 Å². The number of aromatic nitrogens is 3. The van der Waals surface area contributed by atoms with E-state index in [4.69, 9.17) is 4.74 Å². The number of carbonyl (C=O) groups excluding carboxylic acids is 2. The van der Waals surface area contributed by atoms with Crippen LogP contribution in [0.5, 0.6) is 0 Å². The number of aryl methyl sites for hydroxylation is 1. The molecule has 3 N–H and O–H groups in total. The van der Waals surface area contributed by atoms with E-state index >= 15 is 0 Å². The van der Waals surface area contributed by atoms with Crippen LogP contribution in [-0.2, 0) is 16.1 Å². The van der Waals surface area contributed by atoms with Gasteiger partial charge in [-0.1, -0.05) is 31.2 Å². The van der Waals surface area contributed by atoms with Crippen molar-refractivity contribution in [2.75, 3.05) is 24.3 Å². The Bertz CT molecular complexity index is 1880. The Hall–Kier alpha value is -5.38. The molecule has 2 amide bonds. The van der Waals surface area contributed by atoms with Crippen LogP contribution in [0.4, 0.5) is 16.2 Å². The van der Waals surface area contributed by atoms with Crippen LogP contribution in [0, 0.1) is 6.92 Å². The molecular weight excluding hydrogens is 544 g/mol. The van der Waals surface area contributed by atoms with Gasteiger partial charge in [0.2, 0.25) is 5.91 Å². The number of aromatic amines is 1. The van der Waals surface area contributed by atoms with Crippen LogP contribution in [0.25, 0.3) is 16.5 Å². The van der Waals surface area contributed by atoms with Crippen molar-refractivity contribution < 1.29 is 14.3 Å². The first-order valence-corrected chi connectivity index (χ1v) is 14.1. The summed E-state index contributed by atoms with van der Waals surface area (Å²) in [5.41, 5.74) is 5.41. The van der Waals surface area contributed by atoms with Crippen LogP contribution in [-0.4, -0.2) is 45.1 Å². The number of benzene rings is 3. The van der Waals surface area contributed by atoms with E-state index in [0.717, 1.165) is 33.3 Å². The van der Waals surface area contributed by atoms with Gasteiger partial charge in [-0.25, -0.2) is 9.78 Å². The number of nitrogens with zero attached hydrogens (tertiary/aromatic N) is 3.